The number of ketones is 1. The zero-order valence-corrected chi connectivity index (χ0v) is 13.3. The summed E-state index contributed by atoms with van der Waals surface area (Å²) in [6, 6.07) is 9.58. The van der Waals surface area contributed by atoms with Gasteiger partial charge in [0.2, 0.25) is 5.78 Å². The van der Waals surface area contributed by atoms with Crippen molar-refractivity contribution in [2.24, 2.45) is 5.73 Å². The molecule has 1 heterocycles. The number of thiophene rings is 1. The molecule has 0 amide bonds. The van der Waals surface area contributed by atoms with Gasteiger partial charge in [0.25, 0.3) is 0 Å². The van der Waals surface area contributed by atoms with Gasteiger partial charge in [0.05, 0.1) is 4.88 Å². The summed E-state index contributed by atoms with van der Waals surface area (Å²) in [7, 11) is 0. The molecule has 0 saturated heterocycles. The Morgan fingerprint density at radius 1 is 1.32 bits per heavy atom. The first-order chi connectivity index (χ1) is 8.94. The van der Waals surface area contributed by atoms with E-state index in [2.05, 4.69) is 29.8 Å². The molecular weight excluding hydrogens is 322 g/mol. The minimum atomic E-state index is -0.0620. The van der Waals surface area contributed by atoms with E-state index in [0.717, 1.165) is 14.9 Å². The van der Waals surface area contributed by atoms with E-state index in [1.807, 2.05) is 35.7 Å². The van der Waals surface area contributed by atoms with Crippen molar-refractivity contribution in [2.45, 2.75) is 19.3 Å². The van der Waals surface area contributed by atoms with Crippen molar-refractivity contribution in [3.8, 4) is 0 Å². The molecule has 0 unspecified atom stereocenters. The molecule has 0 aliphatic carbocycles. The van der Waals surface area contributed by atoms with Crippen molar-refractivity contribution < 1.29 is 4.79 Å². The third-order valence-corrected chi connectivity index (χ3v) is 4.92. The first-order valence-corrected chi connectivity index (χ1v) is 7.70. The van der Waals surface area contributed by atoms with Crippen LogP contribution in [-0.4, -0.2) is 12.3 Å². The third kappa shape index (κ3) is 3.14. The van der Waals surface area contributed by atoms with Crippen LogP contribution in [0.2, 0.25) is 0 Å². The summed E-state index contributed by atoms with van der Waals surface area (Å²) < 4.78 is 0.946. The Bertz CT molecular complexity index is 586. The third-order valence-electron chi connectivity index (χ3n) is 3.23. The molecule has 19 heavy (non-hydrogen) atoms. The summed E-state index contributed by atoms with van der Waals surface area (Å²) in [5, 5.41) is 1.92. The Kier molecular flexibility index (Phi) is 4.23. The van der Waals surface area contributed by atoms with E-state index in [0.29, 0.717) is 12.1 Å². The Morgan fingerprint density at radius 2 is 1.95 bits per heavy atom. The fraction of sp³-hybridized carbons (Fsp3) is 0.267. The van der Waals surface area contributed by atoms with Crippen LogP contribution in [0, 0.1) is 0 Å². The second kappa shape index (κ2) is 5.57. The molecule has 1 aromatic heterocycles. The molecule has 2 aromatic rings. The Balaban J connectivity index is 2.26. The van der Waals surface area contributed by atoms with E-state index >= 15 is 0 Å². The molecule has 0 saturated carbocycles. The van der Waals surface area contributed by atoms with Crippen LogP contribution in [0.15, 0.2) is 40.2 Å². The fourth-order valence-electron chi connectivity index (χ4n) is 1.77. The highest BCUT2D eigenvalue weighted by atomic mass is 79.9. The monoisotopic (exact) mass is 337 g/mol. The van der Waals surface area contributed by atoms with Crippen LogP contribution in [0.25, 0.3) is 0 Å². The molecule has 1 aromatic carbocycles. The molecule has 0 radical (unpaired) electrons. The zero-order valence-electron chi connectivity index (χ0n) is 10.9. The maximum Gasteiger partial charge on any atom is 0.202 e. The van der Waals surface area contributed by atoms with E-state index in [9.17, 15) is 4.79 Å². The van der Waals surface area contributed by atoms with Gasteiger partial charge in [-0.2, -0.15) is 0 Å². The van der Waals surface area contributed by atoms with Gasteiger partial charge in [-0.25, -0.2) is 0 Å². The van der Waals surface area contributed by atoms with Crippen molar-refractivity contribution in [3.63, 3.8) is 0 Å². The Hall–Kier alpha value is -0.970. The van der Waals surface area contributed by atoms with E-state index in [-0.39, 0.29) is 11.2 Å². The van der Waals surface area contributed by atoms with Gasteiger partial charge in [0.1, 0.15) is 0 Å². The first-order valence-electron chi connectivity index (χ1n) is 6.03. The van der Waals surface area contributed by atoms with Crippen LogP contribution >= 0.6 is 27.3 Å². The lowest BCUT2D eigenvalue weighted by molar-refractivity contribution is 0.104. The normalized spacial score (nSPS) is 11.6. The molecule has 0 bridgehead atoms. The lowest BCUT2D eigenvalue weighted by atomic mass is 9.84. The minimum Gasteiger partial charge on any atom is -0.330 e. The second-order valence-electron chi connectivity index (χ2n) is 5.12. The average Bonchev–Trinajstić information content (AvgIpc) is 2.85. The summed E-state index contributed by atoms with van der Waals surface area (Å²) in [4.78, 5) is 13.0. The molecule has 2 nitrogen and oxygen atoms in total. The fourth-order valence-corrected chi connectivity index (χ4v) is 3.15. The van der Waals surface area contributed by atoms with E-state index < -0.39 is 0 Å². The lowest BCUT2D eigenvalue weighted by Gasteiger charge is -2.23. The van der Waals surface area contributed by atoms with E-state index in [1.54, 1.807) is 0 Å². The molecule has 2 N–H and O–H groups in total. The molecule has 2 rings (SSSR count). The van der Waals surface area contributed by atoms with Gasteiger partial charge in [-0.05, 0) is 27.6 Å². The van der Waals surface area contributed by atoms with Crippen LogP contribution in [0.1, 0.15) is 34.6 Å². The number of nitrogens with two attached hydrogens (primary N) is 1. The predicted octanol–water partition coefficient (Wildman–Crippen LogP) is 3.98. The van der Waals surface area contributed by atoms with Crippen LogP contribution < -0.4 is 5.73 Å². The number of halogens is 1. The van der Waals surface area contributed by atoms with Crippen LogP contribution in [0.3, 0.4) is 0 Å². The van der Waals surface area contributed by atoms with Gasteiger partial charge < -0.3 is 5.73 Å². The Labute approximate surface area is 125 Å². The number of hydrogen-bond donors (Lipinski definition) is 1. The van der Waals surface area contributed by atoms with E-state index in [4.69, 9.17) is 5.73 Å². The second-order valence-corrected chi connectivity index (χ2v) is 6.95. The number of rotatable bonds is 4. The van der Waals surface area contributed by atoms with Crippen LogP contribution in [-0.2, 0) is 5.41 Å². The summed E-state index contributed by atoms with van der Waals surface area (Å²) in [5.41, 5.74) is 7.56. The summed E-state index contributed by atoms with van der Waals surface area (Å²) in [6.45, 7) is 4.78. The van der Waals surface area contributed by atoms with Crippen LogP contribution in [0.5, 0.6) is 0 Å². The molecule has 0 aliphatic rings. The summed E-state index contributed by atoms with van der Waals surface area (Å²) in [6.07, 6.45) is 0. The number of benzene rings is 1. The van der Waals surface area contributed by atoms with Crippen molar-refractivity contribution in [1.29, 1.82) is 0 Å². The maximum absolute atomic E-state index is 12.3. The zero-order chi connectivity index (χ0) is 14.0. The highest BCUT2D eigenvalue weighted by Gasteiger charge is 2.19. The lowest BCUT2D eigenvalue weighted by Crippen LogP contribution is -2.28. The predicted molar refractivity (Wildman–Crippen MR) is 84.0 cm³/mol. The maximum atomic E-state index is 12.3. The average molecular weight is 338 g/mol. The highest BCUT2D eigenvalue weighted by molar-refractivity contribution is 9.10. The largest absolute Gasteiger partial charge is 0.330 e. The van der Waals surface area contributed by atoms with Gasteiger partial charge in [-0.3, -0.25) is 4.79 Å². The van der Waals surface area contributed by atoms with Gasteiger partial charge in [0, 0.05) is 27.4 Å². The standard InChI is InChI=1S/C15H16BrNOS/c1-15(2,9-17)11-5-3-10(4-6-11)14(18)13-7-12(16)8-19-13/h3-8H,9,17H2,1-2H3. The Morgan fingerprint density at radius 3 is 2.42 bits per heavy atom. The topological polar surface area (TPSA) is 43.1 Å². The highest BCUT2D eigenvalue weighted by Crippen LogP contribution is 2.25. The number of hydrogen-bond acceptors (Lipinski definition) is 3. The molecular formula is C15H16BrNOS. The van der Waals surface area contributed by atoms with Gasteiger partial charge in [-0.1, -0.05) is 38.1 Å². The molecule has 100 valence electrons. The number of carbonyl (C=O) groups excluding carboxylic acids is 1. The molecule has 0 spiro atoms. The first kappa shape index (κ1) is 14.4. The molecule has 0 fully saturated rings. The summed E-state index contributed by atoms with van der Waals surface area (Å²) >= 11 is 4.81. The number of carbonyl (C=O) groups is 1. The minimum absolute atomic E-state index is 0.0620. The van der Waals surface area contributed by atoms with Crippen molar-refractivity contribution >= 4 is 33.0 Å². The van der Waals surface area contributed by atoms with Gasteiger partial charge >= 0.3 is 0 Å². The quantitative estimate of drug-likeness (QED) is 0.857. The van der Waals surface area contributed by atoms with E-state index in [1.165, 1.54) is 11.3 Å². The summed E-state index contributed by atoms with van der Waals surface area (Å²) in [5.74, 6) is 0.0628. The SMILES string of the molecule is CC(C)(CN)c1ccc(C(=O)c2cc(Br)cs2)cc1. The molecule has 0 aliphatic heterocycles. The smallest absolute Gasteiger partial charge is 0.202 e. The van der Waals surface area contributed by atoms with Gasteiger partial charge in [0.15, 0.2) is 0 Å². The van der Waals surface area contributed by atoms with Crippen molar-refractivity contribution in [2.75, 3.05) is 6.54 Å². The molecule has 0 atom stereocenters. The molecule has 4 heteroatoms. The van der Waals surface area contributed by atoms with Crippen LogP contribution in [0.4, 0.5) is 0 Å². The van der Waals surface area contributed by atoms with Crippen molar-refractivity contribution in [1.82, 2.24) is 0 Å². The van der Waals surface area contributed by atoms with Gasteiger partial charge in [-0.15, -0.1) is 11.3 Å². The van der Waals surface area contributed by atoms with Crippen molar-refractivity contribution in [3.05, 3.63) is 56.2 Å².